The van der Waals surface area contributed by atoms with Gasteiger partial charge in [-0.25, -0.2) is 4.39 Å². The Labute approximate surface area is 143 Å². The number of carbonyl (C=O) groups excluding carboxylic acids is 1. The molecule has 1 atom stereocenters. The Kier molecular flexibility index (Phi) is 6.31. The number of non-ortho nitro benzene ring substituents is 1. The fourth-order valence-corrected chi connectivity index (χ4v) is 2.96. The molecule has 0 fully saturated rings. The molecular formula is C17H17FN2O3S. The molecule has 0 aliphatic rings. The van der Waals surface area contributed by atoms with E-state index in [1.807, 2.05) is 6.07 Å². The summed E-state index contributed by atoms with van der Waals surface area (Å²) in [6, 6.07) is 12.3. The van der Waals surface area contributed by atoms with Crippen LogP contribution in [0.25, 0.3) is 0 Å². The second-order valence-corrected chi connectivity index (χ2v) is 6.60. The van der Waals surface area contributed by atoms with Crippen molar-refractivity contribution in [2.24, 2.45) is 0 Å². The summed E-state index contributed by atoms with van der Waals surface area (Å²) >= 11 is 1.33. The van der Waals surface area contributed by atoms with Crippen LogP contribution in [0.3, 0.4) is 0 Å². The van der Waals surface area contributed by atoms with E-state index in [-0.39, 0.29) is 22.7 Å². The van der Waals surface area contributed by atoms with E-state index in [9.17, 15) is 19.3 Å². The minimum absolute atomic E-state index is 0.0200. The highest BCUT2D eigenvalue weighted by Crippen LogP contribution is 2.25. The average Bonchev–Trinajstić information content (AvgIpc) is 2.55. The van der Waals surface area contributed by atoms with Crippen LogP contribution in [0.4, 0.5) is 10.1 Å². The highest BCUT2D eigenvalue weighted by Gasteiger charge is 2.14. The predicted octanol–water partition coefficient (Wildman–Crippen LogP) is 3.57. The fraction of sp³-hybridized carbons (Fsp3) is 0.235. The lowest BCUT2D eigenvalue weighted by molar-refractivity contribution is -0.384. The third-order valence-corrected chi connectivity index (χ3v) is 4.44. The molecule has 2 rings (SSSR count). The zero-order valence-corrected chi connectivity index (χ0v) is 13.9. The van der Waals surface area contributed by atoms with Crippen molar-refractivity contribution in [2.45, 2.75) is 23.5 Å². The maximum Gasteiger partial charge on any atom is 0.269 e. The molecule has 1 amide bonds. The largest absolute Gasteiger partial charge is 0.355 e. The predicted molar refractivity (Wildman–Crippen MR) is 91.5 cm³/mol. The minimum Gasteiger partial charge on any atom is -0.355 e. The summed E-state index contributed by atoms with van der Waals surface area (Å²) in [5.41, 5.74) is 0.845. The molecule has 2 aromatic carbocycles. The lowest BCUT2D eigenvalue weighted by Crippen LogP contribution is -2.32. The van der Waals surface area contributed by atoms with Gasteiger partial charge in [0.25, 0.3) is 5.69 Å². The number of rotatable bonds is 7. The molecule has 0 saturated carbocycles. The second kappa shape index (κ2) is 8.44. The van der Waals surface area contributed by atoms with E-state index in [1.54, 1.807) is 25.1 Å². The average molecular weight is 348 g/mol. The van der Waals surface area contributed by atoms with Crippen molar-refractivity contribution < 1.29 is 14.1 Å². The van der Waals surface area contributed by atoms with Crippen molar-refractivity contribution in [1.29, 1.82) is 0 Å². The van der Waals surface area contributed by atoms with Gasteiger partial charge in [0.1, 0.15) is 5.82 Å². The van der Waals surface area contributed by atoms with Crippen LogP contribution < -0.4 is 5.32 Å². The van der Waals surface area contributed by atoms with Gasteiger partial charge in [-0.3, -0.25) is 14.9 Å². The summed E-state index contributed by atoms with van der Waals surface area (Å²) in [7, 11) is 0. The second-order valence-electron chi connectivity index (χ2n) is 5.18. The van der Waals surface area contributed by atoms with Crippen molar-refractivity contribution in [3.05, 3.63) is 70.0 Å². The highest BCUT2D eigenvalue weighted by atomic mass is 32.2. The topological polar surface area (TPSA) is 72.2 Å². The lowest BCUT2D eigenvalue weighted by Gasteiger charge is -2.12. The number of carbonyl (C=O) groups is 1. The molecule has 1 unspecified atom stereocenters. The smallest absolute Gasteiger partial charge is 0.269 e. The first-order valence-corrected chi connectivity index (χ1v) is 8.27. The molecule has 0 radical (unpaired) electrons. The van der Waals surface area contributed by atoms with Gasteiger partial charge in [-0.15, -0.1) is 11.8 Å². The van der Waals surface area contributed by atoms with Gasteiger partial charge in [0.05, 0.1) is 10.2 Å². The Hall–Kier alpha value is -2.41. The van der Waals surface area contributed by atoms with Crippen LogP contribution in [-0.2, 0) is 11.2 Å². The van der Waals surface area contributed by atoms with E-state index in [2.05, 4.69) is 5.32 Å². The summed E-state index contributed by atoms with van der Waals surface area (Å²) in [6.45, 7) is 2.19. The fourth-order valence-electron chi connectivity index (χ4n) is 2.07. The Morgan fingerprint density at radius 3 is 2.62 bits per heavy atom. The molecule has 0 saturated heterocycles. The molecule has 0 spiro atoms. The van der Waals surface area contributed by atoms with E-state index in [4.69, 9.17) is 0 Å². The first kappa shape index (κ1) is 17.9. The van der Waals surface area contributed by atoms with Gasteiger partial charge in [0.2, 0.25) is 5.91 Å². The molecule has 5 nitrogen and oxygen atoms in total. The van der Waals surface area contributed by atoms with E-state index < -0.39 is 4.92 Å². The summed E-state index contributed by atoms with van der Waals surface area (Å²) in [5, 5.41) is 13.1. The summed E-state index contributed by atoms with van der Waals surface area (Å²) in [5.74, 6) is -0.421. The Morgan fingerprint density at radius 2 is 2.00 bits per heavy atom. The third kappa shape index (κ3) is 5.34. The van der Waals surface area contributed by atoms with Crippen molar-refractivity contribution >= 4 is 23.4 Å². The van der Waals surface area contributed by atoms with E-state index in [0.717, 1.165) is 10.5 Å². The minimum atomic E-state index is -0.461. The Morgan fingerprint density at radius 1 is 1.29 bits per heavy atom. The van der Waals surface area contributed by atoms with Crippen molar-refractivity contribution in [1.82, 2.24) is 5.32 Å². The molecule has 2 aromatic rings. The van der Waals surface area contributed by atoms with E-state index in [1.165, 1.54) is 36.0 Å². The van der Waals surface area contributed by atoms with Crippen LogP contribution in [-0.4, -0.2) is 22.6 Å². The lowest BCUT2D eigenvalue weighted by atomic mass is 10.1. The molecule has 1 N–H and O–H groups in total. The molecule has 0 bridgehead atoms. The molecule has 24 heavy (non-hydrogen) atoms. The van der Waals surface area contributed by atoms with Crippen LogP contribution in [0.15, 0.2) is 53.4 Å². The SMILES string of the molecule is CC(Sc1ccc([N+](=O)[O-])cc1)C(=O)NCCc1cccc(F)c1. The molecule has 0 aliphatic heterocycles. The third-order valence-electron chi connectivity index (χ3n) is 3.33. The standard InChI is InChI=1S/C17H17FN2O3S/c1-12(24-16-7-5-15(6-8-16)20(22)23)17(21)19-10-9-13-3-2-4-14(18)11-13/h2-8,11-12H,9-10H2,1H3,(H,19,21). The summed E-state index contributed by atoms with van der Waals surface area (Å²) in [6.07, 6.45) is 0.554. The van der Waals surface area contributed by atoms with E-state index in [0.29, 0.717) is 13.0 Å². The van der Waals surface area contributed by atoms with Crippen LogP contribution in [0.2, 0.25) is 0 Å². The molecule has 0 aliphatic carbocycles. The van der Waals surface area contributed by atoms with Gasteiger partial charge >= 0.3 is 0 Å². The number of nitrogens with zero attached hydrogens (tertiary/aromatic N) is 1. The maximum absolute atomic E-state index is 13.1. The van der Waals surface area contributed by atoms with Crippen LogP contribution in [0.1, 0.15) is 12.5 Å². The van der Waals surface area contributed by atoms with Gasteiger partial charge < -0.3 is 5.32 Å². The molecule has 126 valence electrons. The monoisotopic (exact) mass is 348 g/mol. The Bertz CT molecular complexity index is 722. The zero-order chi connectivity index (χ0) is 17.5. The molecule has 0 heterocycles. The Balaban J connectivity index is 1.80. The number of benzene rings is 2. The number of amides is 1. The van der Waals surface area contributed by atoms with Gasteiger partial charge in [0, 0.05) is 23.6 Å². The van der Waals surface area contributed by atoms with Crippen molar-refractivity contribution in [3.63, 3.8) is 0 Å². The van der Waals surface area contributed by atoms with Gasteiger partial charge in [-0.05, 0) is 43.2 Å². The van der Waals surface area contributed by atoms with E-state index >= 15 is 0 Å². The van der Waals surface area contributed by atoms with Crippen LogP contribution >= 0.6 is 11.8 Å². The highest BCUT2D eigenvalue weighted by molar-refractivity contribution is 8.00. The number of nitro benzene ring substituents is 1. The number of halogens is 1. The van der Waals surface area contributed by atoms with Crippen LogP contribution in [0.5, 0.6) is 0 Å². The zero-order valence-electron chi connectivity index (χ0n) is 13.1. The number of nitro groups is 1. The van der Waals surface area contributed by atoms with Crippen molar-refractivity contribution in [2.75, 3.05) is 6.54 Å². The van der Waals surface area contributed by atoms with Gasteiger partial charge in [-0.2, -0.15) is 0 Å². The number of nitrogens with one attached hydrogen (secondary N) is 1. The first-order valence-electron chi connectivity index (χ1n) is 7.39. The number of hydrogen-bond acceptors (Lipinski definition) is 4. The van der Waals surface area contributed by atoms with Gasteiger partial charge in [-0.1, -0.05) is 12.1 Å². The molecule has 0 aromatic heterocycles. The normalized spacial score (nSPS) is 11.8. The maximum atomic E-state index is 13.1. The molecule has 7 heteroatoms. The summed E-state index contributed by atoms with van der Waals surface area (Å²) in [4.78, 5) is 23.0. The quantitative estimate of drug-likeness (QED) is 0.472. The van der Waals surface area contributed by atoms with Crippen LogP contribution in [0, 0.1) is 15.9 Å². The molecular weight excluding hydrogens is 331 g/mol. The number of hydrogen-bond donors (Lipinski definition) is 1. The van der Waals surface area contributed by atoms with Gasteiger partial charge in [0.15, 0.2) is 0 Å². The summed E-state index contributed by atoms with van der Waals surface area (Å²) < 4.78 is 13.1. The first-order chi connectivity index (χ1) is 11.5. The number of thioether (sulfide) groups is 1. The van der Waals surface area contributed by atoms with Crippen molar-refractivity contribution in [3.8, 4) is 0 Å².